The van der Waals surface area contributed by atoms with Crippen LogP contribution in [0.3, 0.4) is 0 Å². The Balaban J connectivity index is 1.93. The number of hydrogen-bond acceptors (Lipinski definition) is 5. The predicted octanol–water partition coefficient (Wildman–Crippen LogP) is 3.66. The molecule has 3 aromatic rings. The second kappa shape index (κ2) is 7.72. The first-order valence-electron chi connectivity index (χ1n) is 7.43. The van der Waals surface area contributed by atoms with Gasteiger partial charge in [0.05, 0.1) is 16.4 Å². The molecule has 0 radical (unpaired) electrons. The van der Waals surface area contributed by atoms with Crippen molar-refractivity contribution in [2.75, 3.05) is 5.43 Å². The highest BCUT2D eigenvalue weighted by molar-refractivity contribution is 9.10. The smallest absolute Gasteiger partial charge is 0.270 e. The first-order valence-corrected chi connectivity index (χ1v) is 8.22. The van der Waals surface area contributed by atoms with Gasteiger partial charge >= 0.3 is 0 Å². The molecule has 1 aromatic heterocycles. The third-order valence-corrected chi connectivity index (χ3v) is 4.05. The number of hydrazone groups is 1. The zero-order chi connectivity index (χ0) is 18.5. The Kier molecular flexibility index (Phi) is 5.20. The molecule has 0 aliphatic carbocycles. The Morgan fingerprint density at radius 3 is 2.73 bits per heavy atom. The van der Waals surface area contributed by atoms with Gasteiger partial charge in [0.15, 0.2) is 0 Å². The van der Waals surface area contributed by atoms with Gasteiger partial charge in [-0.3, -0.25) is 9.78 Å². The van der Waals surface area contributed by atoms with Gasteiger partial charge in [-0.2, -0.15) is 10.4 Å². The molecule has 0 amide bonds. The Bertz CT molecular complexity index is 1070. The normalized spacial score (nSPS) is 10.7. The lowest BCUT2D eigenvalue weighted by molar-refractivity contribution is 0.619. The average molecular weight is 412 g/mol. The standard InChI is InChI=1S/C18H11BrFN5O/c19-14-8-4-7-12(15(14)20)10-22-25-18-23-16(11-5-2-1-3-6-11)13(9-21)17(26)24-18/h1-8,10H,(H2,23,24,25,26). The third-order valence-electron chi connectivity index (χ3n) is 3.43. The maximum Gasteiger partial charge on any atom is 0.270 e. The minimum Gasteiger partial charge on any atom is -0.290 e. The maximum absolute atomic E-state index is 13.9. The van der Waals surface area contributed by atoms with Gasteiger partial charge in [0.25, 0.3) is 5.56 Å². The molecule has 0 unspecified atom stereocenters. The maximum atomic E-state index is 13.9. The molecule has 0 spiro atoms. The van der Waals surface area contributed by atoms with Gasteiger partial charge in [-0.1, -0.05) is 42.5 Å². The minimum absolute atomic E-state index is 0.0412. The van der Waals surface area contributed by atoms with E-state index in [1.807, 2.05) is 12.1 Å². The quantitative estimate of drug-likeness (QED) is 0.505. The number of benzene rings is 2. The fourth-order valence-corrected chi connectivity index (χ4v) is 2.60. The number of aromatic nitrogens is 2. The van der Waals surface area contributed by atoms with Crippen LogP contribution in [0.15, 0.2) is 62.9 Å². The number of hydrogen-bond donors (Lipinski definition) is 2. The Morgan fingerprint density at radius 1 is 1.23 bits per heavy atom. The topological polar surface area (TPSA) is 93.9 Å². The number of anilines is 1. The Hall–Kier alpha value is -3.31. The molecule has 0 atom stereocenters. The molecule has 26 heavy (non-hydrogen) atoms. The Labute approximate surface area is 156 Å². The summed E-state index contributed by atoms with van der Waals surface area (Å²) in [7, 11) is 0. The van der Waals surface area contributed by atoms with Crippen molar-refractivity contribution in [1.82, 2.24) is 9.97 Å². The van der Waals surface area contributed by atoms with E-state index >= 15 is 0 Å². The van der Waals surface area contributed by atoms with Crippen molar-refractivity contribution in [2.24, 2.45) is 5.10 Å². The minimum atomic E-state index is -0.590. The lowest BCUT2D eigenvalue weighted by Gasteiger charge is -2.06. The molecule has 8 heteroatoms. The molecule has 0 saturated heterocycles. The largest absolute Gasteiger partial charge is 0.290 e. The lowest BCUT2D eigenvalue weighted by atomic mass is 10.1. The SMILES string of the molecule is N#Cc1c(-c2ccccc2)nc(NN=Cc2cccc(Br)c2F)[nH]c1=O. The zero-order valence-corrected chi connectivity index (χ0v) is 14.8. The van der Waals surface area contributed by atoms with Gasteiger partial charge in [-0.15, -0.1) is 0 Å². The number of halogens is 2. The van der Waals surface area contributed by atoms with E-state index in [2.05, 4.69) is 36.4 Å². The third kappa shape index (κ3) is 3.68. The van der Waals surface area contributed by atoms with Crippen molar-refractivity contribution in [1.29, 1.82) is 5.26 Å². The fraction of sp³-hybridized carbons (Fsp3) is 0. The van der Waals surface area contributed by atoms with E-state index in [4.69, 9.17) is 0 Å². The summed E-state index contributed by atoms with van der Waals surface area (Å²) < 4.78 is 14.2. The van der Waals surface area contributed by atoms with Crippen LogP contribution in [-0.2, 0) is 0 Å². The summed E-state index contributed by atoms with van der Waals surface area (Å²) in [6.45, 7) is 0. The van der Waals surface area contributed by atoms with E-state index in [-0.39, 0.29) is 22.8 Å². The van der Waals surface area contributed by atoms with E-state index < -0.39 is 11.4 Å². The molecular formula is C18H11BrFN5O. The zero-order valence-electron chi connectivity index (χ0n) is 13.2. The van der Waals surface area contributed by atoms with E-state index in [0.717, 1.165) is 0 Å². The summed E-state index contributed by atoms with van der Waals surface area (Å²) in [6, 6.07) is 15.5. The van der Waals surface area contributed by atoms with Crippen molar-refractivity contribution < 1.29 is 4.39 Å². The van der Waals surface area contributed by atoms with Crippen LogP contribution in [0, 0.1) is 17.1 Å². The number of nitriles is 1. The second-order valence-corrected chi connectivity index (χ2v) is 5.98. The van der Waals surface area contributed by atoms with E-state index in [1.54, 1.807) is 42.5 Å². The van der Waals surface area contributed by atoms with Gasteiger partial charge in [0.2, 0.25) is 5.95 Å². The average Bonchev–Trinajstić information content (AvgIpc) is 2.65. The van der Waals surface area contributed by atoms with E-state index in [1.165, 1.54) is 6.21 Å². The Morgan fingerprint density at radius 2 is 2.00 bits per heavy atom. The molecule has 1 heterocycles. The predicted molar refractivity (Wildman–Crippen MR) is 100 cm³/mol. The van der Waals surface area contributed by atoms with Gasteiger partial charge < -0.3 is 0 Å². The van der Waals surface area contributed by atoms with Crippen molar-refractivity contribution in [3.63, 3.8) is 0 Å². The molecule has 0 aliphatic rings. The first kappa shape index (κ1) is 17.5. The van der Waals surface area contributed by atoms with Crippen LogP contribution in [0.2, 0.25) is 0 Å². The van der Waals surface area contributed by atoms with Gasteiger partial charge in [-0.05, 0) is 22.0 Å². The number of nitrogens with zero attached hydrogens (tertiary/aromatic N) is 3. The van der Waals surface area contributed by atoms with E-state index in [0.29, 0.717) is 10.0 Å². The van der Waals surface area contributed by atoms with E-state index in [9.17, 15) is 14.4 Å². The molecule has 128 valence electrons. The second-order valence-electron chi connectivity index (χ2n) is 5.13. The highest BCUT2D eigenvalue weighted by Crippen LogP contribution is 2.20. The highest BCUT2D eigenvalue weighted by Gasteiger charge is 2.12. The molecule has 2 aromatic carbocycles. The van der Waals surface area contributed by atoms with Gasteiger partial charge in [-0.25, -0.2) is 14.8 Å². The van der Waals surface area contributed by atoms with Crippen molar-refractivity contribution in [3.05, 3.63) is 80.3 Å². The fourth-order valence-electron chi connectivity index (χ4n) is 2.22. The van der Waals surface area contributed by atoms with Crippen LogP contribution in [0.5, 0.6) is 0 Å². The summed E-state index contributed by atoms with van der Waals surface area (Å²) in [5.74, 6) is -0.413. The molecule has 0 aliphatic heterocycles. The summed E-state index contributed by atoms with van der Waals surface area (Å²) in [4.78, 5) is 18.8. The highest BCUT2D eigenvalue weighted by atomic mass is 79.9. The number of nitrogens with one attached hydrogen (secondary N) is 2. The molecule has 0 bridgehead atoms. The first-order chi connectivity index (χ1) is 12.6. The summed E-state index contributed by atoms with van der Waals surface area (Å²) >= 11 is 3.10. The van der Waals surface area contributed by atoms with Crippen LogP contribution in [0.25, 0.3) is 11.3 Å². The molecule has 0 fully saturated rings. The summed E-state index contributed by atoms with van der Waals surface area (Å²) in [5.41, 5.74) is 2.99. The number of aromatic amines is 1. The molecule has 6 nitrogen and oxygen atoms in total. The molecular weight excluding hydrogens is 401 g/mol. The van der Waals surface area contributed by atoms with Gasteiger partial charge in [0.1, 0.15) is 17.4 Å². The van der Waals surface area contributed by atoms with Crippen LogP contribution >= 0.6 is 15.9 Å². The summed E-state index contributed by atoms with van der Waals surface area (Å²) in [6.07, 6.45) is 1.26. The van der Waals surface area contributed by atoms with Crippen LogP contribution in [0.4, 0.5) is 10.3 Å². The lowest BCUT2D eigenvalue weighted by Crippen LogP contribution is -2.16. The van der Waals surface area contributed by atoms with Crippen LogP contribution in [0.1, 0.15) is 11.1 Å². The monoisotopic (exact) mass is 411 g/mol. The molecule has 0 saturated carbocycles. The summed E-state index contributed by atoms with van der Waals surface area (Å²) in [5, 5.41) is 13.1. The van der Waals surface area contributed by atoms with Gasteiger partial charge in [0, 0.05) is 11.1 Å². The number of H-pyrrole nitrogens is 1. The van der Waals surface area contributed by atoms with Crippen molar-refractivity contribution in [3.8, 4) is 17.3 Å². The van der Waals surface area contributed by atoms with Crippen LogP contribution in [-0.4, -0.2) is 16.2 Å². The number of rotatable bonds is 4. The molecule has 2 N–H and O–H groups in total. The van der Waals surface area contributed by atoms with Crippen molar-refractivity contribution in [2.45, 2.75) is 0 Å². The molecule has 3 rings (SSSR count). The van der Waals surface area contributed by atoms with Crippen LogP contribution < -0.4 is 11.0 Å². The van der Waals surface area contributed by atoms with Crippen molar-refractivity contribution >= 4 is 28.1 Å².